The number of aryl methyl sites for hydroxylation is 1. The molecule has 1 aromatic carbocycles. The summed E-state index contributed by atoms with van der Waals surface area (Å²) in [6.45, 7) is 11.4. The Bertz CT molecular complexity index is 328. The Morgan fingerprint density at radius 3 is 2.73 bits per heavy atom. The fourth-order valence-corrected chi connectivity index (χ4v) is 1.73. The predicted octanol–water partition coefficient (Wildman–Crippen LogP) is 3.53. The van der Waals surface area contributed by atoms with Crippen molar-refractivity contribution in [2.24, 2.45) is 0 Å². The number of hydrogen-bond donors (Lipinski definition) is 1. The van der Waals surface area contributed by atoms with Crippen molar-refractivity contribution in [2.45, 2.75) is 33.2 Å². The monoisotopic (exact) mass is 203 g/mol. The molecule has 0 fully saturated rings. The van der Waals surface area contributed by atoms with E-state index in [1.54, 1.807) is 0 Å². The highest BCUT2D eigenvalue weighted by Crippen LogP contribution is 2.21. The van der Waals surface area contributed by atoms with Gasteiger partial charge in [-0.3, -0.25) is 0 Å². The SMILES string of the molecule is C=CC(NCCC)c1cccc(C)c1C. The Kier molecular flexibility index (Phi) is 4.57. The van der Waals surface area contributed by atoms with E-state index in [2.05, 4.69) is 50.9 Å². The number of nitrogens with one attached hydrogen (secondary N) is 1. The maximum Gasteiger partial charge on any atom is 0.0506 e. The molecule has 0 bridgehead atoms. The van der Waals surface area contributed by atoms with Crippen molar-refractivity contribution in [2.75, 3.05) is 6.54 Å². The van der Waals surface area contributed by atoms with E-state index in [-0.39, 0.29) is 6.04 Å². The molecule has 1 aromatic rings. The van der Waals surface area contributed by atoms with Crippen LogP contribution in [-0.4, -0.2) is 6.54 Å². The van der Waals surface area contributed by atoms with Crippen molar-refractivity contribution < 1.29 is 0 Å². The molecule has 0 saturated heterocycles. The molecule has 0 aliphatic heterocycles. The Morgan fingerprint density at radius 1 is 1.40 bits per heavy atom. The third-order valence-electron chi connectivity index (χ3n) is 2.83. The second-order valence-corrected chi connectivity index (χ2v) is 3.96. The Balaban J connectivity index is 2.91. The molecule has 1 nitrogen and oxygen atoms in total. The van der Waals surface area contributed by atoms with Gasteiger partial charge in [-0.15, -0.1) is 6.58 Å². The maximum absolute atomic E-state index is 3.90. The van der Waals surface area contributed by atoms with E-state index in [4.69, 9.17) is 0 Å². The summed E-state index contributed by atoms with van der Waals surface area (Å²) in [5.74, 6) is 0. The molecule has 1 unspecified atom stereocenters. The zero-order valence-corrected chi connectivity index (χ0v) is 10.0. The fourth-order valence-electron chi connectivity index (χ4n) is 1.73. The normalized spacial score (nSPS) is 12.5. The van der Waals surface area contributed by atoms with E-state index in [1.165, 1.54) is 16.7 Å². The molecule has 15 heavy (non-hydrogen) atoms. The van der Waals surface area contributed by atoms with Crippen molar-refractivity contribution >= 4 is 0 Å². The van der Waals surface area contributed by atoms with Gasteiger partial charge in [0.1, 0.15) is 0 Å². The van der Waals surface area contributed by atoms with Crippen molar-refractivity contribution in [1.29, 1.82) is 0 Å². The predicted molar refractivity (Wildman–Crippen MR) is 67.1 cm³/mol. The molecule has 0 saturated carbocycles. The van der Waals surface area contributed by atoms with Gasteiger partial charge in [0.25, 0.3) is 0 Å². The van der Waals surface area contributed by atoms with E-state index in [0.717, 1.165) is 13.0 Å². The first kappa shape index (κ1) is 12.0. The molecule has 82 valence electrons. The van der Waals surface area contributed by atoms with Crippen molar-refractivity contribution in [3.63, 3.8) is 0 Å². The molecule has 0 aromatic heterocycles. The second kappa shape index (κ2) is 5.72. The van der Waals surface area contributed by atoms with Gasteiger partial charge < -0.3 is 5.32 Å². The summed E-state index contributed by atoms with van der Waals surface area (Å²) in [6.07, 6.45) is 3.13. The molecule has 1 rings (SSSR count). The average Bonchev–Trinajstić information content (AvgIpc) is 2.25. The van der Waals surface area contributed by atoms with Gasteiger partial charge >= 0.3 is 0 Å². The van der Waals surface area contributed by atoms with Gasteiger partial charge in [0.05, 0.1) is 6.04 Å². The molecule has 1 N–H and O–H groups in total. The minimum absolute atomic E-state index is 0.282. The summed E-state index contributed by atoms with van der Waals surface area (Å²) >= 11 is 0. The van der Waals surface area contributed by atoms with Crippen LogP contribution in [-0.2, 0) is 0 Å². The third-order valence-corrected chi connectivity index (χ3v) is 2.83. The Hall–Kier alpha value is -1.08. The first-order valence-corrected chi connectivity index (χ1v) is 5.62. The van der Waals surface area contributed by atoms with Crippen molar-refractivity contribution in [3.05, 3.63) is 47.5 Å². The minimum atomic E-state index is 0.282. The summed E-state index contributed by atoms with van der Waals surface area (Å²) in [6, 6.07) is 6.72. The van der Waals surface area contributed by atoms with Crippen molar-refractivity contribution in [1.82, 2.24) is 5.32 Å². The van der Waals surface area contributed by atoms with Crippen LogP contribution in [0.1, 0.15) is 36.1 Å². The molecule has 0 spiro atoms. The minimum Gasteiger partial charge on any atom is -0.307 e. The van der Waals surface area contributed by atoms with Gasteiger partial charge in [-0.05, 0) is 43.5 Å². The van der Waals surface area contributed by atoms with Crippen LogP contribution in [0.25, 0.3) is 0 Å². The lowest BCUT2D eigenvalue weighted by atomic mass is 9.97. The van der Waals surface area contributed by atoms with Crippen LogP contribution in [0.4, 0.5) is 0 Å². The standard InChI is InChI=1S/C14H21N/c1-5-10-15-14(6-2)13-9-7-8-11(3)12(13)4/h6-9,14-15H,2,5,10H2,1,3-4H3. The Labute approximate surface area is 93.2 Å². The second-order valence-electron chi connectivity index (χ2n) is 3.96. The van der Waals surface area contributed by atoms with Crippen LogP contribution < -0.4 is 5.32 Å². The highest BCUT2D eigenvalue weighted by atomic mass is 14.9. The lowest BCUT2D eigenvalue weighted by molar-refractivity contribution is 0.611. The molecule has 1 heteroatoms. The van der Waals surface area contributed by atoms with E-state index < -0.39 is 0 Å². The molecule has 1 atom stereocenters. The first-order valence-electron chi connectivity index (χ1n) is 5.62. The van der Waals surface area contributed by atoms with Crippen LogP contribution in [0.15, 0.2) is 30.9 Å². The van der Waals surface area contributed by atoms with Gasteiger partial charge in [-0.25, -0.2) is 0 Å². The van der Waals surface area contributed by atoms with Gasteiger partial charge in [-0.1, -0.05) is 31.2 Å². The quantitative estimate of drug-likeness (QED) is 0.722. The van der Waals surface area contributed by atoms with Gasteiger partial charge in [0.2, 0.25) is 0 Å². The van der Waals surface area contributed by atoms with Gasteiger partial charge in [-0.2, -0.15) is 0 Å². The Morgan fingerprint density at radius 2 is 2.13 bits per heavy atom. The summed E-state index contributed by atoms with van der Waals surface area (Å²) in [5, 5.41) is 3.49. The topological polar surface area (TPSA) is 12.0 Å². The largest absolute Gasteiger partial charge is 0.307 e. The van der Waals surface area contributed by atoms with Gasteiger partial charge in [0, 0.05) is 0 Å². The van der Waals surface area contributed by atoms with E-state index in [0.29, 0.717) is 0 Å². The summed E-state index contributed by atoms with van der Waals surface area (Å²) in [7, 11) is 0. The molecule has 0 aliphatic carbocycles. The molecule has 0 aliphatic rings. The van der Waals surface area contributed by atoms with Crippen molar-refractivity contribution in [3.8, 4) is 0 Å². The van der Waals surface area contributed by atoms with Crippen LogP contribution >= 0.6 is 0 Å². The fraction of sp³-hybridized carbons (Fsp3) is 0.429. The molecule has 0 amide bonds. The van der Waals surface area contributed by atoms with Crippen LogP contribution in [0.2, 0.25) is 0 Å². The third kappa shape index (κ3) is 2.93. The van der Waals surface area contributed by atoms with Crippen LogP contribution in [0.5, 0.6) is 0 Å². The number of hydrogen-bond acceptors (Lipinski definition) is 1. The maximum atomic E-state index is 3.90. The number of rotatable bonds is 5. The van der Waals surface area contributed by atoms with E-state index >= 15 is 0 Å². The lowest BCUT2D eigenvalue weighted by Gasteiger charge is -2.18. The summed E-state index contributed by atoms with van der Waals surface area (Å²) < 4.78 is 0. The molecule has 0 heterocycles. The summed E-state index contributed by atoms with van der Waals surface area (Å²) in [4.78, 5) is 0. The highest BCUT2D eigenvalue weighted by Gasteiger charge is 2.09. The van der Waals surface area contributed by atoms with Crippen LogP contribution in [0, 0.1) is 13.8 Å². The average molecular weight is 203 g/mol. The molecule has 0 radical (unpaired) electrons. The smallest absolute Gasteiger partial charge is 0.0506 e. The van der Waals surface area contributed by atoms with E-state index in [1.807, 2.05) is 6.08 Å². The zero-order valence-electron chi connectivity index (χ0n) is 10.0. The molecular formula is C14H21N. The molecular weight excluding hydrogens is 182 g/mol. The first-order chi connectivity index (χ1) is 7.20. The lowest BCUT2D eigenvalue weighted by Crippen LogP contribution is -2.21. The number of benzene rings is 1. The highest BCUT2D eigenvalue weighted by molar-refractivity contribution is 5.36. The summed E-state index contributed by atoms with van der Waals surface area (Å²) in [5.41, 5.74) is 4.06. The van der Waals surface area contributed by atoms with Crippen LogP contribution in [0.3, 0.4) is 0 Å². The van der Waals surface area contributed by atoms with E-state index in [9.17, 15) is 0 Å². The van der Waals surface area contributed by atoms with Gasteiger partial charge in [0.15, 0.2) is 0 Å². The zero-order chi connectivity index (χ0) is 11.3.